The molecule has 0 saturated carbocycles. The van der Waals surface area contributed by atoms with Crippen molar-refractivity contribution in [1.29, 1.82) is 0 Å². The van der Waals surface area contributed by atoms with Crippen LogP contribution in [0.3, 0.4) is 0 Å². The number of aliphatic hydroxyl groups is 1. The Kier molecular flexibility index (Phi) is 8.98. The highest BCUT2D eigenvalue weighted by Gasteiger charge is 2.15. The molecular formula is C23H34N4O. The predicted molar refractivity (Wildman–Crippen MR) is 118 cm³/mol. The van der Waals surface area contributed by atoms with Crippen molar-refractivity contribution in [2.24, 2.45) is 4.99 Å². The fraction of sp³-hybridized carbons (Fsp3) is 0.435. The Bertz CT molecular complexity index is 713. The SMILES string of the molecule is CCNC(=NCC(CO)c1ccccc1)NCC(c1ccc(C)cc1)N(C)C. The maximum absolute atomic E-state index is 9.77. The lowest BCUT2D eigenvalue weighted by Crippen LogP contribution is -2.42. The molecule has 0 spiro atoms. The molecule has 2 aromatic rings. The van der Waals surface area contributed by atoms with Crippen molar-refractivity contribution in [1.82, 2.24) is 15.5 Å². The summed E-state index contributed by atoms with van der Waals surface area (Å²) >= 11 is 0. The zero-order valence-corrected chi connectivity index (χ0v) is 17.5. The molecule has 0 heterocycles. The average molecular weight is 383 g/mol. The summed E-state index contributed by atoms with van der Waals surface area (Å²) in [5.41, 5.74) is 3.65. The summed E-state index contributed by atoms with van der Waals surface area (Å²) in [6.45, 7) is 6.31. The van der Waals surface area contributed by atoms with Gasteiger partial charge in [-0.05, 0) is 39.1 Å². The molecule has 5 nitrogen and oxygen atoms in total. The maximum Gasteiger partial charge on any atom is 0.191 e. The Morgan fingerprint density at radius 2 is 1.68 bits per heavy atom. The Hall–Kier alpha value is -2.37. The lowest BCUT2D eigenvalue weighted by atomic mass is 10.0. The van der Waals surface area contributed by atoms with Crippen LogP contribution in [-0.4, -0.2) is 56.3 Å². The number of hydrogen-bond donors (Lipinski definition) is 3. The summed E-state index contributed by atoms with van der Waals surface area (Å²) in [6, 6.07) is 19.0. The first-order chi connectivity index (χ1) is 13.5. The van der Waals surface area contributed by atoms with E-state index in [-0.39, 0.29) is 18.6 Å². The van der Waals surface area contributed by atoms with Crippen molar-refractivity contribution in [3.63, 3.8) is 0 Å². The van der Waals surface area contributed by atoms with E-state index < -0.39 is 0 Å². The molecule has 2 rings (SSSR count). The number of likely N-dealkylation sites (N-methyl/N-ethyl adjacent to an activating group) is 1. The van der Waals surface area contributed by atoms with Gasteiger partial charge >= 0.3 is 0 Å². The summed E-state index contributed by atoms with van der Waals surface area (Å²) in [5.74, 6) is 0.772. The number of nitrogens with zero attached hydrogens (tertiary/aromatic N) is 2. The fourth-order valence-electron chi connectivity index (χ4n) is 3.12. The molecule has 2 unspecified atom stereocenters. The van der Waals surface area contributed by atoms with E-state index in [1.54, 1.807) is 0 Å². The molecular weight excluding hydrogens is 348 g/mol. The van der Waals surface area contributed by atoms with Gasteiger partial charge in [0.1, 0.15) is 0 Å². The second-order valence-corrected chi connectivity index (χ2v) is 7.28. The number of benzene rings is 2. The van der Waals surface area contributed by atoms with Gasteiger partial charge in [0.05, 0.1) is 19.2 Å². The van der Waals surface area contributed by atoms with Crippen molar-refractivity contribution in [3.8, 4) is 0 Å². The van der Waals surface area contributed by atoms with E-state index in [0.29, 0.717) is 6.54 Å². The molecule has 0 saturated heterocycles. The molecule has 0 aliphatic heterocycles. The Labute approximate surface area is 169 Å². The van der Waals surface area contributed by atoms with Gasteiger partial charge < -0.3 is 20.6 Å². The molecule has 28 heavy (non-hydrogen) atoms. The molecule has 0 radical (unpaired) electrons. The maximum atomic E-state index is 9.77. The topological polar surface area (TPSA) is 59.9 Å². The van der Waals surface area contributed by atoms with Crippen LogP contribution >= 0.6 is 0 Å². The number of aliphatic imine (C=N–C) groups is 1. The minimum absolute atomic E-state index is 0.00148. The fourth-order valence-corrected chi connectivity index (χ4v) is 3.12. The molecule has 0 aliphatic rings. The van der Waals surface area contributed by atoms with Crippen molar-refractivity contribution in [3.05, 3.63) is 71.3 Å². The van der Waals surface area contributed by atoms with Crippen LogP contribution < -0.4 is 10.6 Å². The highest BCUT2D eigenvalue weighted by molar-refractivity contribution is 5.79. The normalized spacial score (nSPS) is 14.0. The monoisotopic (exact) mass is 382 g/mol. The Balaban J connectivity index is 2.05. The van der Waals surface area contributed by atoms with Crippen molar-refractivity contribution in [2.75, 3.05) is 40.3 Å². The van der Waals surface area contributed by atoms with Crippen LogP contribution in [0, 0.1) is 6.92 Å². The number of aliphatic hydroxyl groups excluding tert-OH is 1. The molecule has 152 valence electrons. The van der Waals surface area contributed by atoms with Gasteiger partial charge in [-0.15, -0.1) is 0 Å². The number of nitrogens with one attached hydrogen (secondary N) is 2. The number of aryl methyl sites for hydroxylation is 1. The van der Waals surface area contributed by atoms with Crippen LogP contribution in [0.1, 0.15) is 35.6 Å². The smallest absolute Gasteiger partial charge is 0.191 e. The van der Waals surface area contributed by atoms with E-state index in [2.05, 4.69) is 67.7 Å². The summed E-state index contributed by atoms with van der Waals surface area (Å²) < 4.78 is 0. The lowest BCUT2D eigenvalue weighted by molar-refractivity contribution is 0.268. The van der Waals surface area contributed by atoms with E-state index in [0.717, 1.165) is 24.6 Å². The van der Waals surface area contributed by atoms with Crippen LogP contribution in [0.15, 0.2) is 59.6 Å². The van der Waals surface area contributed by atoms with Crippen LogP contribution in [0.4, 0.5) is 0 Å². The lowest BCUT2D eigenvalue weighted by Gasteiger charge is -2.26. The first-order valence-corrected chi connectivity index (χ1v) is 9.96. The van der Waals surface area contributed by atoms with Crippen LogP contribution in [0.5, 0.6) is 0 Å². The average Bonchev–Trinajstić information content (AvgIpc) is 2.70. The highest BCUT2D eigenvalue weighted by atomic mass is 16.3. The third-order valence-corrected chi connectivity index (χ3v) is 4.85. The van der Waals surface area contributed by atoms with Crippen molar-refractivity contribution < 1.29 is 5.11 Å². The number of rotatable bonds is 9. The van der Waals surface area contributed by atoms with Gasteiger partial charge in [0.25, 0.3) is 0 Å². The Morgan fingerprint density at radius 1 is 1.00 bits per heavy atom. The number of hydrogen-bond acceptors (Lipinski definition) is 3. The first kappa shape index (κ1) is 21.9. The molecule has 3 N–H and O–H groups in total. The minimum atomic E-state index is -0.00148. The molecule has 0 aliphatic carbocycles. The van der Waals surface area contributed by atoms with Crippen LogP contribution in [0.2, 0.25) is 0 Å². The zero-order valence-electron chi connectivity index (χ0n) is 17.5. The quantitative estimate of drug-likeness (QED) is 0.461. The van der Waals surface area contributed by atoms with E-state index in [1.807, 2.05) is 30.3 Å². The molecule has 0 aromatic heterocycles. The Morgan fingerprint density at radius 3 is 2.25 bits per heavy atom. The number of guanidine groups is 1. The van der Waals surface area contributed by atoms with E-state index in [1.165, 1.54) is 11.1 Å². The second-order valence-electron chi connectivity index (χ2n) is 7.28. The summed E-state index contributed by atoms with van der Waals surface area (Å²) in [5, 5.41) is 16.5. The second kappa shape index (κ2) is 11.5. The van der Waals surface area contributed by atoms with Crippen LogP contribution in [-0.2, 0) is 0 Å². The standard InChI is InChI=1S/C23H34N4O/c1-5-24-23(25-15-21(17-28)19-9-7-6-8-10-19)26-16-22(27(3)4)20-13-11-18(2)12-14-20/h6-14,21-22,28H,5,15-17H2,1-4H3,(H2,24,25,26). The third-order valence-electron chi connectivity index (χ3n) is 4.85. The zero-order chi connectivity index (χ0) is 20.4. The van der Waals surface area contributed by atoms with E-state index >= 15 is 0 Å². The molecule has 2 aromatic carbocycles. The molecule has 0 fully saturated rings. The summed E-state index contributed by atoms with van der Waals surface area (Å²) in [6.07, 6.45) is 0. The third kappa shape index (κ3) is 6.66. The predicted octanol–water partition coefficient (Wildman–Crippen LogP) is 2.93. The van der Waals surface area contributed by atoms with Gasteiger partial charge in [0.2, 0.25) is 0 Å². The largest absolute Gasteiger partial charge is 0.396 e. The van der Waals surface area contributed by atoms with Gasteiger partial charge in [0, 0.05) is 19.0 Å². The minimum Gasteiger partial charge on any atom is -0.396 e. The molecule has 2 atom stereocenters. The van der Waals surface area contributed by atoms with E-state index in [9.17, 15) is 5.11 Å². The van der Waals surface area contributed by atoms with Gasteiger partial charge in [-0.3, -0.25) is 4.99 Å². The van der Waals surface area contributed by atoms with Gasteiger partial charge in [-0.1, -0.05) is 60.2 Å². The molecule has 0 amide bonds. The highest BCUT2D eigenvalue weighted by Crippen LogP contribution is 2.18. The van der Waals surface area contributed by atoms with Gasteiger partial charge in [-0.2, -0.15) is 0 Å². The van der Waals surface area contributed by atoms with Crippen molar-refractivity contribution in [2.45, 2.75) is 25.8 Å². The van der Waals surface area contributed by atoms with Gasteiger partial charge in [-0.25, -0.2) is 0 Å². The molecule has 5 heteroatoms. The summed E-state index contributed by atoms with van der Waals surface area (Å²) in [7, 11) is 4.18. The van der Waals surface area contributed by atoms with Crippen LogP contribution in [0.25, 0.3) is 0 Å². The van der Waals surface area contributed by atoms with Crippen molar-refractivity contribution >= 4 is 5.96 Å². The van der Waals surface area contributed by atoms with E-state index in [4.69, 9.17) is 4.99 Å². The van der Waals surface area contributed by atoms with Gasteiger partial charge in [0.15, 0.2) is 5.96 Å². The molecule has 0 bridgehead atoms. The first-order valence-electron chi connectivity index (χ1n) is 9.96. The summed E-state index contributed by atoms with van der Waals surface area (Å²) in [4.78, 5) is 6.93.